The maximum Gasteiger partial charge on any atom is 2.00 e. The van der Waals surface area contributed by atoms with Crippen LogP contribution in [-0.4, -0.2) is 71.3 Å². The van der Waals surface area contributed by atoms with Crippen molar-refractivity contribution in [2.75, 3.05) is 52.6 Å². The minimum absolute atomic E-state index is 0. The molecule has 11 heteroatoms. The van der Waals surface area contributed by atoms with E-state index in [1.54, 1.807) is 0 Å². The minimum atomic E-state index is 0. The molecule has 21 heavy (non-hydrogen) atoms. The van der Waals surface area contributed by atoms with Gasteiger partial charge in [-0.25, -0.2) is 10.0 Å². The summed E-state index contributed by atoms with van der Waals surface area (Å²) in [5.41, 5.74) is 5.76. The largest absolute Gasteiger partial charge is 2.00 e. The number of rotatable bonds is 2. The van der Waals surface area contributed by atoms with Crippen molar-refractivity contribution in [2.24, 2.45) is 0 Å². The second kappa shape index (κ2) is 13.2. The van der Waals surface area contributed by atoms with Crippen molar-refractivity contribution in [2.45, 2.75) is 0 Å². The molecule has 0 unspecified atom stereocenters. The summed E-state index contributed by atoms with van der Waals surface area (Å²) in [6, 6.07) is 0. The van der Waals surface area contributed by atoms with E-state index in [0.717, 1.165) is 52.6 Å². The Morgan fingerprint density at radius 1 is 0.762 bits per heavy atom. The van der Waals surface area contributed by atoms with E-state index in [9.17, 15) is 0 Å². The normalized spacial score (nSPS) is 19.4. The maximum absolute atomic E-state index is 5.12. The summed E-state index contributed by atoms with van der Waals surface area (Å²) in [6.45, 7) is 6.45. The first-order valence-corrected chi connectivity index (χ1v) is 7.82. The number of nitrogens with zero attached hydrogens (tertiary/aromatic N) is 2. The first kappa shape index (κ1) is 21.7. The number of ether oxygens (including phenoxy) is 2. The molecule has 2 saturated heterocycles. The number of morpholine rings is 2. The summed E-state index contributed by atoms with van der Waals surface area (Å²) in [4.78, 5) is 0. The molecule has 116 valence electrons. The summed E-state index contributed by atoms with van der Waals surface area (Å²) in [5.74, 6) is 0. The quantitative estimate of drug-likeness (QED) is 0.341. The van der Waals surface area contributed by atoms with E-state index in [4.69, 9.17) is 59.2 Å². The van der Waals surface area contributed by atoms with Crippen LogP contribution in [0.3, 0.4) is 0 Å². The Labute approximate surface area is 160 Å². The van der Waals surface area contributed by atoms with Gasteiger partial charge >= 0.3 is 19.5 Å². The van der Waals surface area contributed by atoms with Gasteiger partial charge in [0.25, 0.3) is 0 Å². The standard InChI is InChI=1S/2C5H10N2OS2.Zn/c2*9-5(10)6-7-1-3-8-4-2-7;/h2*1-4H2,(H2,6,9,10);/q;;+2/p-2. The number of thiocarbonyl (C=S) groups is 2. The Morgan fingerprint density at radius 3 is 1.29 bits per heavy atom. The molecule has 2 heterocycles. The smallest absolute Gasteiger partial charge is 0.410 e. The minimum Gasteiger partial charge on any atom is -0.410 e. The summed E-state index contributed by atoms with van der Waals surface area (Å²) in [5, 5.41) is 3.94. The van der Waals surface area contributed by atoms with Gasteiger partial charge in [-0.05, 0) is 8.64 Å². The summed E-state index contributed by atoms with van der Waals surface area (Å²) >= 11 is 18.8. The maximum atomic E-state index is 5.12. The van der Waals surface area contributed by atoms with Crippen molar-refractivity contribution < 1.29 is 29.0 Å². The second-order valence-electron chi connectivity index (χ2n) is 4.00. The number of nitrogens with one attached hydrogen (secondary N) is 2. The molecule has 0 radical (unpaired) electrons. The van der Waals surface area contributed by atoms with Gasteiger partial charge in [0.2, 0.25) is 0 Å². The van der Waals surface area contributed by atoms with Crippen LogP contribution in [0.2, 0.25) is 0 Å². The molecule has 2 rings (SSSR count). The van der Waals surface area contributed by atoms with E-state index in [2.05, 4.69) is 10.9 Å². The zero-order valence-corrected chi connectivity index (χ0v) is 17.9. The molecule has 0 bridgehead atoms. The Bertz CT molecular complexity index is 285. The van der Waals surface area contributed by atoms with Crippen LogP contribution in [0, 0.1) is 0 Å². The van der Waals surface area contributed by atoms with Crippen molar-refractivity contribution >= 4 is 58.3 Å². The Hall–Kier alpha value is 0.683. The molecule has 2 fully saturated rings. The molecule has 2 aliphatic heterocycles. The molecule has 2 N–H and O–H groups in total. The molecule has 0 aromatic heterocycles. The zero-order chi connectivity index (χ0) is 14.8. The van der Waals surface area contributed by atoms with Gasteiger partial charge in [0.15, 0.2) is 0 Å². The molecule has 6 nitrogen and oxygen atoms in total. The van der Waals surface area contributed by atoms with Crippen molar-refractivity contribution in [1.82, 2.24) is 20.9 Å². The van der Waals surface area contributed by atoms with Gasteiger partial charge in [0.1, 0.15) is 0 Å². The Kier molecular flexibility index (Phi) is 13.6. The van der Waals surface area contributed by atoms with Gasteiger partial charge in [0, 0.05) is 26.2 Å². The average Bonchev–Trinajstić information content (AvgIpc) is 2.40. The molecule has 0 saturated carbocycles. The average molecular weight is 420 g/mol. The molecule has 0 amide bonds. The first-order chi connectivity index (χ1) is 9.58. The third-order valence-electron chi connectivity index (χ3n) is 2.52. The van der Waals surface area contributed by atoms with Crippen molar-refractivity contribution in [1.29, 1.82) is 0 Å². The monoisotopic (exact) mass is 418 g/mol. The molecule has 0 aromatic rings. The van der Waals surface area contributed by atoms with Gasteiger partial charge in [-0.3, -0.25) is 0 Å². The van der Waals surface area contributed by atoms with Gasteiger partial charge in [-0.15, -0.1) is 0 Å². The van der Waals surface area contributed by atoms with Gasteiger partial charge in [0.05, 0.1) is 26.4 Å². The molecular weight excluding hydrogens is 402 g/mol. The summed E-state index contributed by atoms with van der Waals surface area (Å²) in [6.07, 6.45) is 0. The number of hydrogen-bond donors (Lipinski definition) is 2. The molecule has 0 aliphatic carbocycles. The van der Waals surface area contributed by atoms with Crippen LogP contribution in [0.25, 0.3) is 0 Å². The fourth-order valence-corrected chi connectivity index (χ4v) is 2.12. The van der Waals surface area contributed by atoms with E-state index in [-0.39, 0.29) is 19.5 Å². The van der Waals surface area contributed by atoms with Crippen LogP contribution < -0.4 is 10.9 Å². The Morgan fingerprint density at radius 2 is 1.05 bits per heavy atom. The van der Waals surface area contributed by atoms with Crippen LogP contribution in [0.15, 0.2) is 0 Å². The van der Waals surface area contributed by atoms with E-state index in [1.807, 2.05) is 10.0 Å². The predicted octanol–water partition coefficient (Wildman–Crippen LogP) is -0.692. The number of hydrogen-bond acceptors (Lipinski definition) is 8. The van der Waals surface area contributed by atoms with E-state index in [0.29, 0.717) is 8.64 Å². The molecule has 2 aliphatic rings. The van der Waals surface area contributed by atoms with Gasteiger partial charge in [-0.2, -0.15) is 0 Å². The topological polar surface area (TPSA) is 49.0 Å². The SMILES string of the molecule is S=C([S-])NN1CCOCC1.S=C([S-])NN1CCOCC1.[Zn+2]. The molecular formula is C10H18N4O2S4Zn. The molecule has 0 aromatic carbocycles. The molecule has 0 atom stereocenters. The zero-order valence-electron chi connectivity index (χ0n) is 11.7. The Balaban J connectivity index is 0.000000364. The first-order valence-electron chi connectivity index (χ1n) is 6.18. The summed E-state index contributed by atoms with van der Waals surface area (Å²) in [7, 11) is 0. The van der Waals surface area contributed by atoms with Crippen molar-refractivity contribution in [3.8, 4) is 0 Å². The van der Waals surface area contributed by atoms with E-state index in [1.165, 1.54) is 0 Å². The van der Waals surface area contributed by atoms with Crippen molar-refractivity contribution in [3.05, 3.63) is 0 Å². The van der Waals surface area contributed by atoms with E-state index >= 15 is 0 Å². The van der Waals surface area contributed by atoms with Crippen LogP contribution in [0.1, 0.15) is 0 Å². The van der Waals surface area contributed by atoms with Gasteiger partial charge < -0.3 is 70.0 Å². The fraction of sp³-hybridized carbons (Fsp3) is 0.800. The van der Waals surface area contributed by atoms with Crippen LogP contribution >= 0.6 is 24.4 Å². The fourth-order valence-electron chi connectivity index (χ4n) is 1.61. The van der Waals surface area contributed by atoms with Crippen molar-refractivity contribution in [3.63, 3.8) is 0 Å². The third-order valence-corrected chi connectivity index (χ3v) is 2.89. The van der Waals surface area contributed by atoms with E-state index < -0.39 is 0 Å². The predicted molar refractivity (Wildman–Crippen MR) is 91.0 cm³/mol. The van der Waals surface area contributed by atoms with Crippen LogP contribution in [0.5, 0.6) is 0 Å². The number of hydrazine groups is 2. The molecule has 0 spiro atoms. The van der Waals surface area contributed by atoms with Crippen LogP contribution in [-0.2, 0) is 54.2 Å². The second-order valence-corrected chi connectivity index (χ2v) is 6.15. The third kappa shape index (κ3) is 11.9. The van der Waals surface area contributed by atoms with Crippen LogP contribution in [0.4, 0.5) is 0 Å². The summed E-state index contributed by atoms with van der Waals surface area (Å²) < 4.78 is 11.1. The van der Waals surface area contributed by atoms with Gasteiger partial charge in [-0.1, -0.05) is 0 Å².